The number of rotatable bonds is 4. The molecule has 1 aliphatic carbocycles. The zero-order chi connectivity index (χ0) is 22.2. The van der Waals surface area contributed by atoms with E-state index in [1.54, 1.807) is 6.92 Å². The summed E-state index contributed by atoms with van der Waals surface area (Å²) >= 11 is 5.64. The van der Waals surface area contributed by atoms with Crippen molar-refractivity contribution in [1.29, 1.82) is 5.26 Å². The molecule has 0 bridgehead atoms. The minimum absolute atomic E-state index is 0.131. The van der Waals surface area contributed by atoms with Crippen LogP contribution in [0.15, 0.2) is 17.1 Å². The van der Waals surface area contributed by atoms with Gasteiger partial charge in [-0.15, -0.1) is 0 Å². The van der Waals surface area contributed by atoms with Gasteiger partial charge in [0.1, 0.15) is 23.5 Å². The smallest absolute Gasteiger partial charge is 0.327 e. The summed E-state index contributed by atoms with van der Waals surface area (Å²) < 4.78 is 41.6. The van der Waals surface area contributed by atoms with Crippen LogP contribution in [0, 0.1) is 25.2 Å². The topological polar surface area (TPSA) is 79.8 Å². The van der Waals surface area contributed by atoms with Gasteiger partial charge in [-0.25, -0.2) is 0 Å². The minimum Gasteiger partial charge on any atom is -0.327 e. The van der Waals surface area contributed by atoms with E-state index in [4.69, 9.17) is 11.6 Å². The van der Waals surface area contributed by atoms with Crippen molar-refractivity contribution in [2.45, 2.75) is 58.3 Å². The number of hydrogen-bond donors (Lipinski definition) is 1. The lowest BCUT2D eigenvalue weighted by Crippen LogP contribution is -2.30. The number of anilines is 1. The standard InChI is InChI=1S/C20H20ClF3N4O2/c1-11-12(2)28(14-5-3-4-6-14)18(15(11)8-25)26-17(29)10-27-9-13(20(22,23)24)7-16(21)19(27)30/h7,9,14H,3-6,10H2,1-2H3,(H,26,29). The molecule has 0 aromatic carbocycles. The Hall–Kier alpha value is -2.73. The number of nitriles is 1. The lowest BCUT2D eigenvalue weighted by molar-refractivity contribution is -0.138. The zero-order valence-electron chi connectivity index (χ0n) is 16.4. The predicted octanol–water partition coefficient (Wildman–Crippen LogP) is 4.56. The highest BCUT2D eigenvalue weighted by molar-refractivity contribution is 6.30. The van der Waals surface area contributed by atoms with Gasteiger partial charge >= 0.3 is 6.18 Å². The molecule has 0 unspecified atom stereocenters. The van der Waals surface area contributed by atoms with E-state index in [0.29, 0.717) is 28.2 Å². The molecule has 6 nitrogen and oxygen atoms in total. The van der Waals surface area contributed by atoms with Crippen LogP contribution in [0.4, 0.5) is 19.0 Å². The van der Waals surface area contributed by atoms with E-state index >= 15 is 0 Å². The fraction of sp³-hybridized carbons (Fsp3) is 0.450. The molecule has 1 amide bonds. The molecule has 0 atom stereocenters. The number of nitrogens with one attached hydrogen (secondary N) is 1. The summed E-state index contributed by atoms with van der Waals surface area (Å²) in [5.41, 5.74) is -0.133. The van der Waals surface area contributed by atoms with Gasteiger partial charge in [0.25, 0.3) is 5.56 Å². The Morgan fingerprint density at radius 1 is 1.33 bits per heavy atom. The van der Waals surface area contributed by atoms with E-state index in [9.17, 15) is 28.0 Å². The molecule has 2 heterocycles. The van der Waals surface area contributed by atoms with Crippen molar-refractivity contribution >= 4 is 23.3 Å². The van der Waals surface area contributed by atoms with Crippen molar-refractivity contribution in [3.63, 3.8) is 0 Å². The van der Waals surface area contributed by atoms with Gasteiger partial charge < -0.3 is 14.5 Å². The molecule has 0 radical (unpaired) electrons. The third-order valence-corrected chi connectivity index (χ3v) is 5.77. The average molecular weight is 441 g/mol. The number of carbonyl (C=O) groups is 1. The highest BCUT2D eigenvalue weighted by atomic mass is 35.5. The summed E-state index contributed by atoms with van der Waals surface area (Å²) in [6.45, 7) is 2.98. The first-order chi connectivity index (χ1) is 14.0. The number of nitrogens with zero attached hydrogens (tertiary/aromatic N) is 3. The van der Waals surface area contributed by atoms with Crippen LogP contribution in [0.25, 0.3) is 0 Å². The van der Waals surface area contributed by atoms with Gasteiger partial charge in [-0.05, 0) is 38.3 Å². The third-order valence-electron chi connectivity index (χ3n) is 5.50. The van der Waals surface area contributed by atoms with Crippen LogP contribution in [-0.2, 0) is 17.5 Å². The largest absolute Gasteiger partial charge is 0.417 e. The van der Waals surface area contributed by atoms with Gasteiger partial charge in [-0.1, -0.05) is 24.4 Å². The number of aromatic nitrogens is 2. The van der Waals surface area contributed by atoms with E-state index in [1.165, 1.54) is 0 Å². The second-order valence-electron chi connectivity index (χ2n) is 7.41. The van der Waals surface area contributed by atoms with Crippen molar-refractivity contribution in [2.75, 3.05) is 5.32 Å². The molecule has 10 heteroatoms. The second-order valence-corrected chi connectivity index (χ2v) is 7.82. The van der Waals surface area contributed by atoms with Gasteiger partial charge in [-0.2, -0.15) is 18.4 Å². The third kappa shape index (κ3) is 4.10. The quantitative estimate of drug-likeness (QED) is 0.756. The van der Waals surface area contributed by atoms with E-state index < -0.39 is 34.8 Å². The molecule has 2 aromatic heterocycles. The van der Waals surface area contributed by atoms with E-state index in [-0.39, 0.29) is 6.04 Å². The van der Waals surface area contributed by atoms with Gasteiger partial charge in [0.05, 0.1) is 11.1 Å². The summed E-state index contributed by atoms with van der Waals surface area (Å²) in [5.74, 6) is -0.406. The summed E-state index contributed by atoms with van der Waals surface area (Å²) in [4.78, 5) is 24.8. The average Bonchev–Trinajstić information content (AvgIpc) is 3.25. The van der Waals surface area contributed by atoms with E-state index in [2.05, 4.69) is 11.4 Å². The molecule has 0 spiro atoms. The van der Waals surface area contributed by atoms with Gasteiger partial charge in [0.2, 0.25) is 5.91 Å². The summed E-state index contributed by atoms with van der Waals surface area (Å²) in [6.07, 6.45) is -0.263. The fourth-order valence-corrected chi connectivity index (χ4v) is 4.13. The van der Waals surface area contributed by atoms with Crippen LogP contribution in [0.5, 0.6) is 0 Å². The van der Waals surface area contributed by atoms with Crippen LogP contribution in [0.3, 0.4) is 0 Å². The summed E-state index contributed by atoms with van der Waals surface area (Å²) in [6, 6.07) is 2.76. The summed E-state index contributed by atoms with van der Waals surface area (Å²) in [5, 5.41) is 11.6. The Kier molecular flexibility index (Phi) is 5.99. The second kappa shape index (κ2) is 8.19. The lowest BCUT2D eigenvalue weighted by atomic mass is 10.2. The number of amides is 1. The maximum atomic E-state index is 13.0. The maximum absolute atomic E-state index is 13.0. The van der Waals surface area contributed by atoms with Crippen LogP contribution >= 0.6 is 11.6 Å². The molecular weight excluding hydrogens is 421 g/mol. The molecule has 30 heavy (non-hydrogen) atoms. The normalized spacial score (nSPS) is 14.7. The van der Waals surface area contributed by atoms with Crippen LogP contribution < -0.4 is 10.9 Å². The highest BCUT2D eigenvalue weighted by Gasteiger charge is 2.32. The van der Waals surface area contributed by atoms with E-state index in [0.717, 1.165) is 36.9 Å². The maximum Gasteiger partial charge on any atom is 0.417 e. The molecule has 1 saturated carbocycles. The number of carbonyl (C=O) groups excluding carboxylic acids is 1. The van der Waals surface area contributed by atoms with Crippen LogP contribution in [0.2, 0.25) is 5.02 Å². The van der Waals surface area contributed by atoms with Crippen LogP contribution in [-0.4, -0.2) is 15.0 Å². The SMILES string of the molecule is Cc1c(C#N)c(NC(=O)Cn2cc(C(F)(F)F)cc(Cl)c2=O)n(C2CCCC2)c1C. The number of pyridine rings is 1. The first kappa shape index (κ1) is 22.0. The van der Waals surface area contributed by atoms with Crippen molar-refractivity contribution in [2.24, 2.45) is 0 Å². The zero-order valence-corrected chi connectivity index (χ0v) is 17.2. The Morgan fingerprint density at radius 3 is 2.53 bits per heavy atom. The first-order valence-electron chi connectivity index (χ1n) is 9.43. The molecule has 3 rings (SSSR count). The minimum atomic E-state index is -4.71. The molecule has 1 N–H and O–H groups in total. The van der Waals surface area contributed by atoms with Crippen molar-refractivity contribution in [3.8, 4) is 6.07 Å². The van der Waals surface area contributed by atoms with Crippen LogP contribution in [0.1, 0.15) is 54.1 Å². The first-order valence-corrected chi connectivity index (χ1v) is 9.81. The number of hydrogen-bond acceptors (Lipinski definition) is 3. The molecule has 1 fully saturated rings. The van der Waals surface area contributed by atoms with Gasteiger partial charge in [0.15, 0.2) is 0 Å². The fourth-order valence-electron chi connectivity index (χ4n) is 3.90. The Morgan fingerprint density at radius 2 is 1.97 bits per heavy atom. The highest BCUT2D eigenvalue weighted by Crippen LogP contribution is 2.37. The molecule has 0 saturated heterocycles. The molecular formula is C20H20ClF3N4O2. The van der Waals surface area contributed by atoms with Crippen molar-refractivity contribution in [1.82, 2.24) is 9.13 Å². The molecule has 160 valence electrons. The van der Waals surface area contributed by atoms with E-state index in [1.807, 2.05) is 11.5 Å². The number of alkyl halides is 3. The Bertz CT molecular complexity index is 1090. The van der Waals surface area contributed by atoms with Crippen molar-refractivity contribution in [3.05, 3.63) is 50.0 Å². The lowest BCUT2D eigenvalue weighted by Gasteiger charge is -2.19. The molecule has 1 aliphatic rings. The summed E-state index contributed by atoms with van der Waals surface area (Å²) in [7, 11) is 0. The predicted molar refractivity (Wildman–Crippen MR) is 105 cm³/mol. The van der Waals surface area contributed by atoms with Gasteiger partial charge in [0, 0.05) is 17.9 Å². The Balaban J connectivity index is 1.95. The van der Waals surface area contributed by atoms with Crippen molar-refractivity contribution < 1.29 is 18.0 Å². The Labute approximate surface area is 175 Å². The van der Waals surface area contributed by atoms with Gasteiger partial charge in [-0.3, -0.25) is 9.59 Å². The molecule has 0 aliphatic heterocycles. The number of halogens is 4. The molecule has 2 aromatic rings. The monoisotopic (exact) mass is 440 g/mol.